The van der Waals surface area contributed by atoms with Gasteiger partial charge in [-0.3, -0.25) is 0 Å². The van der Waals surface area contributed by atoms with Crippen LogP contribution in [0.15, 0.2) is 17.6 Å². The van der Waals surface area contributed by atoms with Gasteiger partial charge in [-0.25, -0.2) is 0 Å². The van der Waals surface area contributed by atoms with Crippen molar-refractivity contribution in [1.29, 1.82) is 0 Å². The van der Waals surface area contributed by atoms with E-state index in [1.807, 2.05) is 12.1 Å². The molecule has 2 aromatic heterocycles. The summed E-state index contributed by atoms with van der Waals surface area (Å²) in [6.07, 6.45) is 0. The van der Waals surface area contributed by atoms with Crippen LogP contribution in [0.1, 0.15) is 4.88 Å². The van der Waals surface area contributed by atoms with Gasteiger partial charge in [-0.05, 0) is 12.1 Å². The average molecular weight is 232 g/mol. The SMILES string of the molecule is Clc1ccc(CNc2nncs2)s1. The molecule has 2 heterocycles. The van der Waals surface area contributed by atoms with Crippen LogP contribution in [-0.4, -0.2) is 10.2 Å². The van der Waals surface area contributed by atoms with Gasteiger partial charge in [0.1, 0.15) is 5.51 Å². The van der Waals surface area contributed by atoms with Crippen molar-refractivity contribution in [3.63, 3.8) is 0 Å². The Balaban J connectivity index is 1.93. The number of thiophene rings is 1. The molecule has 13 heavy (non-hydrogen) atoms. The highest BCUT2D eigenvalue weighted by molar-refractivity contribution is 7.16. The van der Waals surface area contributed by atoms with Crippen LogP contribution >= 0.6 is 34.3 Å². The van der Waals surface area contributed by atoms with Crippen LogP contribution in [-0.2, 0) is 6.54 Å². The maximum absolute atomic E-state index is 5.79. The predicted molar refractivity (Wildman–Crippen MR) is 56.6 cm³/mol. The molecular weight excluding hydrogens is 226 g/mol. The quantitative estimate of drug-likeness (QED) is 0.883. The van der Waals surface area contributed by atoms with Gasteiger partial charge in [0.2, 0.25) is 5.13 Å². The summed E-state index contributed by atoms with van der Waals surface area (Å²) in [6.45, 7) is 0.757. The van der Waals surface area contributed by atoms with Crippen LogP contribution in [0.5, 0.6) is 0 Å². The Labute approximate surface area is 88.4 Å². The summed E-state index contributed by atoms with van der Waals surface area (Å²) in [7, 11) is 0. The Kier molecular flexibility index (Phi) is 2.77. The molecule has 3 nitrogen and oxygen atoms in total. The second kappa shape index (κ2) is 4.04. The molecule has 0 radical (unpaired) electrons. The second-order valence-corrected chi connectivity index (χ2v) is 4.94. The molecule has 6 heteroatoms. The van der Waals surface area contributed by atoms with E-state index in [-0.39, 0.29) is 0 Å². The number of hydrogen-bond acceptors (Lipinski definition) is 5. The summed E-state index contributed by atoms with van der Waals surface area (Å²) in [5, 5.41) is 11.6. The number of hydrogen-bond donors (Lipinski definition) is 1. The maximum atomic E-state index is 5.79. The molecule has 0 fully saturated rings. The molecule has 0 unspecified atom stereocenters. The van der Waals surface area contributed by atoms with Crippen LogP contribution in [0.3, 0.4) is 0 Å². The average Bonchev–Trinajstić information content (AvgIpc) is 2.71. The van der Waals surface area contributed by atoms with Crippen molar-refractivity contribution in [3.8, 4) is 0 Å². The first-order chi connectivity index (χ1) is 6.34. The molecule has 0 aliphatic rings. The van der Waals surface area contributed by atoms with Crippen LogP contribution in [0.25, 0.3) is 0 Å². The van der Waals surface area contributed by atoms with Gasteiger partial charge >= 0.3 is 0 Å². The van der Waals surface area contributed by atoms with E-state index in [0.29, 0.717) is 0 Å². The van der Waals surface area contributed by atoms with Gasteiger partial charge in [0, 0.05) is 4.88 Å². The number of anilines is 1. The second-order valence-electron chi connectivity index (χ2n) is 2.30. The zero-order chi connectivity index (χ0) is 9.10. The van der Waals surface area contributed by atoms with Crippen molar-refractivity contribution >= 4 is 39.4 Å². The predicted octanol–water partition coefficient (Wildman–Crippen LogP) is 2.87. The molecule has 1 N–H and O–H groups in total. The summed E-state index contributed by atoms with van der Waals surface area (Å²) in [5.41, 5.74) is 1.70. The highest BCUT2D eigenvalue weighted by Gasteiger charge is 1.99. The van der Waals surface area contributed by atoms with Gasteiger partial charge in [0.15, 0.2) is 0 Å². The summed E-state index contributed by atoms with van der Waals surface area (Å²) in [6, 6.07) is 3.89. The Morgan fingerprint density at radius 3 is 3.00 bits per heavy atom. The Morgan fingerprint density at radius 2 is 2.38 bits per heavy atom. The minimum absolute atomic E-state index is 0.757. The van der Waals surface area contributed by atoms with Gasteiger partial charge < -0.3 is 5.32 Å². The van der Waals surface area contributed by atoms with Crippen LogP contribution in [0.2, 0.25) is 4.34 Å². The molecule has 0 bridgehead atoms. The third kappa shape index (κ3) is 2.40. The smallest absolute Gasteiger partial charge is 0.205 e. The van der Waals surface area contributed by atoms with E-state index in [4.69, 9.17) is 11.6 Å². The molecule has 0 aromatic carbocycles. The van der Waals surface area contributed by atoms with Gasteiger partial charge in [-0.2, -0.15) is 0 Å². The van der Waals surface area contributed by atoms with Crippen LogP contribution < -0.4 is 5.32 Å². The topological polar surface area (TPSA) is 37.8 Å². The molecule has 68 valence electrons. The Morgan fingerprint density at radius 1 is 1.46 bits per heavy atom. The highest BCUT2D eigenvalue weighted by atomic mass is 35.5. The standard InChI is InChI=1S/C7H6ClN3S2/c8-6-2-1-5(13-6)3-9-7-11-10-4-12-7/h1-2,4H,3H2,(H,9,11). The lowest BCUT2D eigenvalue weighted by Crippen LogP contribution is -1.96. The third-order valence-electron chi connectivity index (χ3n) is 1.40. The highest BCUT2D eigenvalue weighted by Crippen LogP contribution is 2.22. The van der Waals surface area contributed by atoms with E-state index < -0.39 is 0 Å². The normalized spacial score (nSPS) is 10.2. The largest absolute Gasteiger partial charge is 0.355 e. The van der Waals surface area contributed by atoms with Crippen molar-refractivity contribution in [3.05, 3.63) is 26.9 Å². The zero-order valence-electron chi connectivity index (χ0n) is 6.53. The van der Waals surface area contributed by atoms with Gasteiger partial charge in [-0.15, -0.1) is 21.5 Å². The Bertz CT molecular complexity index is 371. The number of aromatic nitrogens is 2. The van der Waals surface area contributed by atoms with Crippen LogP contribution in [0, 0.1) is 0 Å². The fraction of sp³-hybridized carbons (Fsp3) is 0.143. The van der Waals surface area contributed by atoms with E-state index in [1.54, 1.807) is 16.8 Å². The van der Waals surface area contributed by atoms with Crippen molar-refractivity contribution in [2.75, 3.05) is 5.32 Å². The molecule has 2 aromatic rings. The zero-order valence-corrected chi connectivity index (χ0v) is 8.92. The summed E-state index contributed by atoms with van der Waals surface area (Å²) >= 11 is 8.84. The molecule has 0 saturated heterocycles. The van der Waals surface area contributed by atoms with Gasteiger partial charge in [0.05, 0.1) is 10.9 Å². The van der Waals surface area contributed by atoms with Gasteiger partial charge in [-0.1, -0.05) is 22.9 Å². The first kappa shape index (κ1) is 8.93. The lowest BCUT2D eigenvalue weighted by molar-refractivity contribution is 1.06. The minimum atomic E-state index is 0.757. The van der Waals surface area contributed by atoms with Crippen molar-refractivity contribution < 1.29 is 0 Å². The fourth-order valence-electron chi connectivity index (χ4n) is 0.860. The lowest BCUT2D eigenvalue weighted by atomic mass is 10.5. The fourth-order valence-corrected chi connectivity index (χ4v) is 2.33. The van der Waals surface area contributed by atoms with E-state index in [0.717, 1.165) is 16.0 Å². The molecule has 0 saturated carbocycles. The first-order valence-electron chi connectivity index (χ1n) is 3.59. The number of rotatable bonds is 3. The summed E-state index contributed by atoms with van der Waals surface area (Å²) < 4.78 is 0.814. The Hall–Kier alpha value is -0.650. The lowest BCUT2D eigenvalue weighted by Gasteiger charge is -1.96. The molecule has 0 atom stereocenters. The first-order valence-corrected chi connectivity index (χ1v) is 5.66. The number of nitrogens with one attached hydrogen (secondary N) is 1. The molecule has 0 aliphatic carbocycles. The number of nitrogens with zero attached hydrogens (tertiary/aromatic N) is 2. The van der Waals surface area contributed by atoms with E-state index in [2.05, 4.69) is 15.5 Å². The molecule has 0 aliphatic heterocycles. The molecule has 2 rings (SSSR count). The molecular formula is C7H6ClN3S2. The number of halogens is 1. The van der Waals surface area contributed by atoms with Gasteiger partial charge in [0.25, 0.3) is 0 Å². The monoisotopic (exact) mass is 231 g/mol. The van der Waals surface area contributed by atoms with E-state index >= 15 is 0 Å². The van der Waals surface area contributed by atoms with Crippen LogP contribution in [0.4, 0.5) is 5.13 Å². The minimum Gasteiger partial charge on any atom is -0.355 e. The third-order valence-corrected chi connectivity index (χ3v) is 3.28. The summed E-state index contributed by atoms with van der Waals surface area (Å²) in [4.78, 5) is 1.19. The molecule has 0 spiro atoms. The van der Waals surface area contributed by atoms with Crippen molar-refractivity contribution in [2.24, 2.45) is 0 Å². The van der Waals surface area contributed by atoms with Crippen molar-refractivity contribution in [2.45, 2.75) is 6.54 Å². The van der Waals surface area contributed by atoms with Crippen molar-refractivity contribution in [1.82, 2.24) is 10.2 Å². The summed E-state index contributed by atoms with van der Waals surface area (Å²) in [5.74, 6) is 0. The van der Waals surface area contributed by atoms with E-state index in [1.165, 1.54) is 16.2 Å². The van der Waals surface area contributed by atoms with E-state index in [9.17, 15) is 0 Å². The maximum Gasteiger partial charge on any atom is 0.205 e. The molecule has 0 amide bonds.